The van der Waals surface area contributed by atoms with Crippen LogP contribution in [0.15, 0.2) is 24.3 Å². The Bertz CT molecular complexity index is 376. The van der Waals surface area contributed by atoms with Crippen LogP contribution in [-0.4, -0.2) is 23.7 Å². The zero-order valence-electron chi connectivity index (χ0n) is 17.4. The van der Waals surface area contributed by atoms with Crippen LogP contribution < -0.4 is 5.32 Å². The molecule has 0 aromatic heterocycles. The van der Waals surface area contributed by atoms with E-state index in [0.717, 1.165) is 18.4 Å². The van der Waals surface area contributed by atoms with Crippen molar-refractivity contribution in [1.82, 2.24) is 5.32 Å². The third-order valence-corrected chi connectivity index (χ3v) is 4.75. The van der Waals surface area contributed by atoms with Gasteiger partial charge in [0.2, 0.25) is 5.91 Å². The molecule has 0 saturated carbocycles. The number of amides is 1. The van der Waals surface area contributed by atoms with Crippen molar-refractivity contribution in [2.24, 2.45) is 0 Å². The second kappa shape index (κ2) is 18.7. The highest BCUT2D eigenvalue weighted by Gasteiger charge is 2.11. The summed E-state index contributed by atoms with van der Waals surface area (Å²) < 4.78 is 0. The van der Waals surface area contributed by atoms with Gasteiger partial charge in [0, 0.05) is 6.42 Å². The first-order valence-corrected chi connectivity index (χ1v) is 10.9. The number of carbonyl (C=O) groups excluding carboxylic acids is 1. The van der Waals surface area contributed by atoms with Gasteiger partial charge in [-0.2, -0.15) is 0 Å². The molecule has 0 rings (SSSR count). The third-order valence-electron chi connectivity index (χ3n) is 4.75. The summed E-state index contributed by atoms with van der Waals surface area (Å²) >= 11 is 0. The maximum absolute atomic E-state index is 11.6. The molecule has 0 aliphatic carbocycles. The van der Waals surface area contributed by atoms with Gasteiger partial charge in [0.1, 0.15) is 0 Å². The van der Waals surface area contributed by atoms with E-state index in [4.69, 9.17) is 0 Å². The summed E-state index contributed by atoms with van der Waals surface area (Å²) in [4.78, 5) is 11.6. The lowest BCUT2D eigenvalue weighted by Crippen LogP contribution is -2.38. The van der Waals surface area contributed by atoms with Crippen molar-refractivity contribution in [3.05, 3.63) is 24.3 Å². The number of hydrogen-bond acceptors (Lipinski definition) is 2. The van der Waals surface area contributed by atoms with Gasteiger partial charge in [-0.3, -0.25) is 4.79 Å². The van der Waals surface area contributed by atoms with Gasteiger partial charge in [-0.1, -0.05) is 96.8 Å². The number of unbranched alkanes of at least 4 members (excludes halogenated alkanes) is 11. The quantitative estimate of drug-likeness (QED) is 0.228. The van der Waals surface area contributed by atoms with E-state index in [1.807, 2.05) is 13.0 Å². The van der Waals surface area contributed by atoms with Crippen molar-refractivity contribution in [1.29, 1.82) is 0 Å². The van der Waals surface area contributed by atoms with Crippen LogP contribution in [-0.2, 0) is 4.79 Å². The maximum atomic E-state index is 11.6. The summed E-state index contributed by atoms with van der Waals surface area (Å²) in [5, 5.41) is 12.2. The zero-order chi connectivity index (χ0) is 19.5. The molecule has 0 aromatic rings. The minimum Gasteiger partial charge on any atom is -0.394 e. The van der Waals surface area contributed by atoms with Gasteiger partial charge in [0.05, 0.1) is 12.6 Å². The maximum Gasteiger partial charge on any atom is 0.220 e. The van der Waals surface area contributed by atoms with Crippen LogP contribution in [0.4, 0.5) is 0 Å². The summed E-state index contributed by atoms with van der Waals surface area (Å²) in [5.41, 5.74) is 0.778. The summed E-state index contributed by atoms with van der Waals surface area (Å²) in [7, 11) is 0. The van der Waals surface area contributed by atoms with Crippen molar-refractivity contribution in [2.45, 2.75) is 110 Å². The van der Waals surface area contributed by atoms with E-state index in [1.165, 1.54) is 70.6 Å². The number of carbonyl (C=O) groups is 1. The van der Waals surface area contributed by atoms with E-state index in [-0.39, 0.29) is 18.6 Å². The molecule has 1 amide bonds. The lowest BCUT2D eigenvalue weighted by Gasteiger charge is -2.16. The molecular weight excluding hydrogens is 322 g/mol. The van der Waals surface area contributed by atoms with Gasteiger partial charge in [-0.15, -0.1) is 0 Å². The first kappa shape index (κ1) is 24.9. The predicted molar refractivity (Wildman–Crippen MR) is 113 cm³/mol. The monoisotopic (exact) mass is 365 g/mol. The molecular formula is C23H43NO2. The number of hydrogen-bond donors (Lipinski definition) is 2. The van der Waals surface area contributed by atoms with Crippen LogP contribution in [0.3, 0.4) is 0 Å². The molecule has 0 aliphatic rings. The molecule has 0 heterocycles. The molecule has 0 radical (unpaired) electrons. The number of nitrogens with one attached hydrogen (secondary N) is 1. The molecule has 26 heavy (non-hydrogen) atoms. The fourth-order valence-electron chi connectivity index (χ4n) is 3.03. The molecule has 3 heteroatoms. The van der Waals surface area contributed by atoms with Crippen molar-refractivity contribution >= 4 is 5.91 Å². The van der Waals surface area contributed by atoms with E-state index in [2.05, 4.69) is 24.9 Å². The van der Waals surface area contributed by atoms with Crippen LogP contribution >= 0.6 is 0 Å². The second-order valence-electron chi connectivity index (χ2n) is 7.35. The fraction of sp³-hybridized carbons (Fsp3) is 0.783. The van der Waals surface area contributed by atoms with Crippen LogP contribution in [0.5, 0.6) is 0 Å². The molecule has 1 atom stereocenters. The average Bonchev–Trinajstić information content (AvgIpc) is 2.63. The lowest BCUT2D eigenvalue weighted by atomic mass is 10.0. The molecule has 0 spiro atoms. The number of allylic oxidation sites excluding steroid dienone is 1. The van der Waals surface area contributed by atoms with Gasteiger partial charge >= 0.3 is 0 Å². The molecule has 0 saturated heterocycles. The van der Waals surface area contributed by atoms with Crippen LogP contribution in [0.25, 0.3) is 0 Å². The minimum atomic E-state index is -0.359. The van der Waals surface area contributed by atoms with Gasteiger partial charge in [-0.25, -0.2) is 0 Å². The highest BCUT2D eigenvalue weighted by molar-refractivity contribution is 5.76. The summed E-state index contributed by atoms with van der Waals surface area (Å²) in [6.07, 6.45) is 21.3. The van der Waals surface area contributed by atoms with Crippen molar-refractivity contribution in [3.8, 4) is 0 Å². The van der Waals surface area contributed by atoms with Gasteiger partial charge in [0.25, 0.3) is 0 Å². The van der Waals surface area contributed by atoms with Crippen molar-refractivity contribution in [2.75, 3.05) is 6.61 Å². The van der Waals surface area contributed by atoms with Crippen molar-refractivity contribution < 1.29 is 9.90 Å². The van der Waals surface area contributed by atoms with Gasteiger partial charge < -0.3 is 10.4 Å². The average molecular weight is 366 g/mol. The smallest absolute Gasteiger partial charge is 0.220 e. The van der Waals surface area contributed by atoms with E-state index in [0.29, 0.717) is 6.42 Å². The number of rotatable bonds is 18. The summed E-state index contributed by atoms with van der Waals surface area (Å²) in [6, 6.07) is -0.359. The second-order valence-corrected chi connectivity index (χ2v) is 7.35. The summed E-state index contributed by atoms with van der Waals surface area (Å²) in [6.45, 7) is 8.11. The number of aliphatic hydroxyl groups is 1. The minimum absolute atomic E-state index is 0.0218. The van der Waals surface area contributed by atoms with E-state index >= 15 is 0 Å². The highest BCUT2D eigenvalue weighted by Crippen LogP contribution is 2.12. The molecule has 0 aliphatic heterocycles. The Morgan fingerprint density at radius 1 is 0.923 bits per heavy atom. The largest absolute Gasteiger partial charge is 0.394 e. The van der Waals surface area contributed by atoms with Gasteiger partial charge in [0.15, 0.2) is 0 Å². The highest BCUT2D eigenvalue weighted by atomic mass is 16.3. The number of aliphatic hydroxyl groups excluding tert-OH is 1. The van der Waals surface area contributed by atoms with Gasteiger partial charge in [-0.05, 0) is 24.8 Å². The Kier molecular flexibility index (Phi) is 17.9. The summed E-state index contributed by atoms with van der Waals surface area (Å²) in [5.74, 6) is -0.0218. The van der Waals surface area contributed by atoms with Crippen molar-refractivity contribution in [3.63, 3.8) is 0 Å². The van der Waals surface area contributed by atoms with E-state index < -0.39 is 0 Å². The SMILES string of the molecule is C=C(/C=C/CCCCCCCCCCCCC)[C@H](CO)NC(=O)CCC. The first-order valence-electron chi connectivity index (χ1n) is 10.9. The van der Waals surface area contributed by atoms with Crippen LogP contribution in [0.1, 0.15) is 104 Å². The van der Waals surface area contributed by atoms with E-state index in [1.54, 1.807) is 0 Å². The van der Waals surface area contributed by atoms with Crippen LogP contribution in [0, 0.1) is 0 Å². The molecule has 3 nitrogen and oxygen atoms in total. The van der Waals surface area contributed by atoms with E-state index in [9.17, 15) is 9.90 Å². The Morgan fingerprint density at radius 3 is 1.96 bits per heavy atom. The standard InChI is InChI=1S/C23H43NO2/c1-4-6-7-8-9-10-11-12-13-14-15-16-17-19-21(3)22(20-25)24-23(26)18-5-2/h17,19,22,25H,3-16,18,20H2,1-2H3,(H,24,26)/b19-17+/t22-/m0/s1. The topological polar surface area (TPSA) is 49.3 Å². The molecule has 152 valence electrons. The first-order chi connectivity index (χ1) is 12.7. The third kappa shape index (κ3) is 15.2. The Hall–Kier alpha value is -1.09. The zero-order valence-corrected chi connectivity index (χ0v) is 17.4. The molecule has 0 aromatic carbocycles. The molecule has 0 bridgehead atoms. The lowest BCUT2D eigenvalue weighted by molar-refractivity contribution is -0.121. The molecule has 2 N–H and O–H groups in total. The molecule has 0 unspecified atom stereocenters. The normalized spacial score (nSPS) is 12.4. The molecule has 0 fully saturated rings. The Labute approximate surface area is 162 Å². The predicted octanol–water partition coefficient (Wildman–Crippen LogP) is 6.08. The van der Waals surface area contributed by atoms with Crippen LogP contribution in [0.2, 0.25) is 0 Å². The fourth-order valence-corrected chi connectivity index (χ4v) is 3.03. The Morgan fingerprint density at radius 2 is 1.46 bits per heavy atom. The Balaban J connectivity index is 3.61.